The molecule has 2 aromatic heterocycles. The highest BCUT2D eigenvalue weighted by Gasteiger charge is 2.24. The molecule has 40 heavy (non-hydrogen) atoms. The fourth-order valence-electron chi connectivity index (χ4n) is 5.20. The molecule has 1 aliphatic rings. The van der Waals surface area contributed by atoms with E-state index < -0.39 is 0 Å². The summed E-state index contributed by atoms with van der Waals surface area (Å²) in [6.07, 6.45) is 5.56. The molecule has 2 amide bonds. The molecule has 0 radical (unpaired) electrons. The Bertz CT molecular complexity index is 1470. The van der Waals surface area contributed by atoms with Gasteiger partial charge in [-0.3, -0.25) is 19.3 Å². The van der Waals surface area contributed by atoms with Crippen LogP contribution in [0.25, 0.3) is 22.2 Å². The second kappa shape index (κ2) is 12.3. The third-order valence-electron chi connectivity index (χ3n) is 7.59. The SMILES string of the molecule is COCCNC(=O)c1ccc2nn(CC3CCN(C(=O)c4ccc(-c5ccc(OC)cn5)cc4)CC3)cc2c1C. The number of hydrogen-bond donors (Lipinski definition) is 1. The number of pyridine rings is 1. The first kappa shape index (κ1) is 27.3. The third kappa shape index (κ3) is 5.99. The van der Waals surface area contributed by atoms with Crippen molar-refractivity contribution in [1.82, 2.24) is 25.0 Å². The van der Waals surface area contributed by atoms with E-state index in [2.05, 4.69) is 10.3 Å². The van der Waals surface area contributed by atoms with Crippen molar-refractivity contribution in [1.29, 1.82) is 0 Å². The van der Waals surface area contributed by atoms with Crippen LogP contribution in [-0.4, -0.2) is 71.9 Å². The van der Waals surface area contributed by atoms with E-state index in [0.717, 1.165) is 60.2 Å². The molecule has 1 saturated heterocycles. The third-order valence-corrected chi connectivity index (χ3v) is 7.59. The molecule has 1 N–H and O–H groups in total. The quantitative estimate of drug-likeness (QED) is 0.317. The number of piperidine rings is 1. The number of amides is 2. The van der Waals surface area contributed by atoms with E-state index in [4.69, 9.17) is 14.6 Å². The minimum Gasteiger partial charge on any atom is -0.495 e. The summed E-state index contributed by atoms with van der Waals surface area (Å²) in [7, 11) is 3.23. The Morgan fingerprint density at radius 1 is 1.02 bits per heavy atom. The highest BCUT2D eigenvalue weighted by atomic mass is 16.5. The van der Waals surface area contributed by atoms with Crippen molar-refractivity contribution in [3.63, 3.8) is 0 Å². The Balaban J connectivity index is 1.17. The van der Waals surface area contributed by atoms with E-state index in [0.29, 0.717) is 35.9 Å². The Labute approximate surface area is 234 Å². The predicted octanol–water partition coefficient (Wildman–Crippen LogP) is 4.34. The molecular formula is C31H35N5O4. The molecule has 5 rings (SSSR count). The number of nitrogens with one attached hydrogen (secondary N) is 1. The first-order valence-corrected chi connectivity index (χ1v) is 13.6. The number of aromatic nitrogens is 3. The molecule has 4 aromatic rings. The Morgan fingerprint density at radius 3 is 2.48 bits per heavy atom. The molecule has 0 aliphatic carbocycles. The van der Waals surface area contributed by atoms with Crippen LogP contribution in [0, 0.1) is 12.8 Å². The average molecular weight is 542 g/mol. The van der Waals surface area contributed by atoms with Gasteiger partial charge in [0.15, 0.2) is 0 Å². The van der Waals surface area contributed by atoms with Crippen LogP contribution in [0.5, 0.6) is 5.75 Å². The maximum atomic E-state index is 13.2. The van der Waals surface area contributed by atoms with Gasteiger partial charge in [0.1, 0.15) is 5.75 Å². The Kier molecular flexibility index (Phi) is 8.40. The van der Waals surface area contributed by atoms with Crippen LogP contribution in [-0.2, 0) is 11.3 Å². The number of hydrogen-bond acceptors (Lipinski definition) is 6. The normalized spacial score (nSPS) is 13.9. The Hall–Kier alpha value is -4.24. The van der Waals surface area contributed by atoms with Crippen molar-refractivity contribution < 1.29 is 19.1 Å². The number of rotatable bonds is 9. The predicted molar refractivity (Wildman–Crippen MR) is 154 cm³/mol. The van der Waals surface area contributed by atoms with Crippen molar-refractivity contribution in [2.75, 3.05) is 40.5 Å². The number of fused-ring (bicyclic) bond motifs is 1. The van der Waals surface area contributed by atoms with Crippen LogP contribution in [0.3, 0.4) is 0 Å². The van der Waals surface area contributed by atoms with Gasteiger partial charge in [0, 0.05) is 61.6 Å². The number of methoxy groups -OCH3 is 2. The number of carbonyl (C=O) groups is 2. The molecule has 0 spiro atoms. The van der Waals surface area contributed by atoms with Crippen LogP contribution >= 0.6 is 0 Å². The van der Waals surface area contributed by atoms with Crippen molar-refractivity contribution in [3.05, 3.63) is 77.6 Å². The number of carbonyl (C=O) groups excluding carboxylic acids is 2. The van der Waals surface area contributed by atoms with Gasteiger partial charge in [-0.25, -0.2) is 0 Å². The lowest BCUT2D eigenvalue weighted by Crippen LogP contribution is -2.39. The van der Waals surface area contributed by atoms with Gasteiger partial charge in [-0.05, 0) is 67.6 Å². The van der Waals surface area contributed by atoms with Crippen molar-refractivity contribution in [2.45, 2.75) is 26.3 Å². The molecule has 208 valence electrons. The molecule has 9 heteroatoms. The summed E-state index contributed by atoms with van der Waals surface area (Å²) >= 11 is 0. The highest BCUT2D eigenvalue weighted by Crippen LogP contribution is 2.25. The molecule has 0 unspecified atom stereocenters. The second-order valence-electron chi connectivity index (χ2n) is 10.2. The minimum absolute atomic E-state index is 0.0597. The largest absolute Gasteiger partial charge is 0.495 e. The summed E-state index contributed by atoms with van der Waals surface area (Å²) in [5.74, 6) is 1.10. The first-order valence-electron chi connectivity index (χ1n) is 13.6. The molecule has 0 saturated carbocycles. The van der Waals surface area contributed by atoms with Crippen LogP contribution in [0.1, 0.15) is 39.1 Å². The van der Waals surface area contributed by atoms with Crippen LogP contribution in [0.4, 0.5) is 0 Å². The summed E-state index contributed by atoms with van der Waals surface area (Å²) in [5, 5.41) is 8.63. The number of likely N-dealkylation sites (tertiary alicyclic amines) is 1. The van der Waals surface area contributed by atoms with E-state index in [1.807, 2.05) is 71.2 Å². The minimum atomic E-state index is -0.103. The summed E-state index contributed by atoms with van der Waals surface area (Å²) in [4.78, 5) is 32.1. The fourth-order valence-corrected chi connectivity index (χ4v) is 5.20. The van der Waals surface area contributed by atoms with E-state index >= 15 is 0 Å². The molecular weight excluding hydrogens is 506 g/mol. The molecule has 0 atom stereocenters. The van der Waals surface area contributed by atoms with Crippen molar-refractivity contribution >= 4 is 22.7 Å². The van der Waals surface area contributed by atoms with Gasteiger partial charge in [-0.1, -0.05) is 12.1 Å². The molecule has 3 heterocycles. The highest BCUT2D eigenvalue weighted by molar-refractivity contribution is 6.00. The molecule has 9 nitrogen and oxygen atoms in total. The van der Waals surface area contributed by atoms with Gasteiger partial charge in [0.2, 0.25) is 0 Å². The van der Waals surface area contributed by atoms with E-state index in [1.54, 1.807) is 20.4 Å². The first-order chi connectivity index (χ1) is 19.5. The van der Waals surface area contributed by atoms with E-state index in [-0.39, 0.29) is 11.8 Å². The second-order valence-corrected chi connectivity index (χ2v) is 10.2. The van der Waals surface area contributed by atoms with Crippen LogP contribution < -0.4 is 10.1 Å². The van der Waals surface area contributed by atoms with Gasteiger partial charge in [0.25, 0.3) is 11.8 Å². The molecule has 0 bridgehead atoms. The summed E-state index contributed by atoms with van der Waals surface area (Å²) in [6, 6.07) is 15.1. The van der Waals surface area contributed by atoms with E-state index in [9.17, 15) is 9.59 Å². The van der Waals surface area contributed by atoms with Gasteiger partial charge >= 0.3 is 0 Å². The van der Waals surface area contributed by atoms with Crippen molar-refractivity contribution in [3.8, 4) is 17.0 Å². The fraction of sp³-hybridized carbons (Fsp3) is 0.355. The smallest absolute Gasteiger partial charge is 0.253 e. The summed E-state index contributed by atoms with van der Waals surface area (Å²) < 4.78 is 12.2. The Morgan fingerprint density at radius 2 is 1.80 bits per heavy atom. The zero-order chi connectivity index (χ0) is 28.1. The number of benzene rings is 2. The zero-order valence-electron chi connectivity index (χ0n) is 23.2. The van der Waals surface area contributed by atoms with Crippen molar-refractivity contribution in [2.24, 2.45) is 5.92 Å². The van der Waals surface area contributed by atoms with Gasteiger partial charge in [0.05, 0.1) is 31.1 Å². The van der Waals surface area contributed by atoms with Gasteiger partial charge in [-0.2, -0.15) is 5.10 Å². The van der Waals surface area contributed by atoms with Crippen LogP contribution in [0.2, 0.25) is 0 Å². The lowest BCUT2D eigenvalue weighted by Gasteiger charge is -2.32. The summed E-state index contributed by atoms with van der Waals surface area (Å²) in [5.41, 5.74) is 4.94. The van der Waals surface area contributed by atoms with Gasteiger partial charge in [-0.15, -0.1) is 0 Å². The van der Waals surface area contributed by atoms with Crippen LogP contribution in [0.15, 0.2) is 60.9 Å². The standard InChI is InChI=1S/C31H35N5O4/c1-21-26(30(37)32-14-17-39-2)9-11-29-27(21)20-36(34-29)19-22-12-15-35(16-13-22)31(38)24-6-4-23(5-7-24)28-10-8-25(40-3)18-33-28/h4-11,18,20,22H,12-17,19H2,1-3H3,(H,32,37). The number of aryl methyl sites for hydroxylation is 1. The molecule has 2 aromatic carbocycles. The monoisotopic (exact) mass is 541 g/mol. The lowest BCUT2D eigenvalue weighted by atomic mass is 9.96. The number of ether oxygens (including phenoxy) is 2. The number of nitrogens with zero attached hydrogens (tertiary/aromatic N) is 4. The average Bonchev–Trinajstić information content (AvgIpc) is 3.41. The maximum Gasteiger partial charge on any atom is 0.253 e. The zero-order valence-corrected chi connectivity index (χ0v) is 23.2. The summed E-state index contributed by atoms with van der Waals surface area (Å²) in [6.45, 7) is 5.14. The topological polar surface area (TPSA) is 98.6 Å². The maximum absolute atomic E-state index is 13.2. The van der Waals surface area contributed by atoms with E-state index in [1.165, 1.54) is 0 Å². The lowest BCUT2D eigenvalue weighted by molar-refractivity contribution is 0.0681. The van der Waals surface area contributed by atoms with Gasteiger partial charge < -0.3 is 19.7 Å². The molecule has 1 aliphatic heterocycles. The molecule has 1 fully saturated rings.